The number of para-hydroxylation sites is 1. The maximum absolute atomic E-state index is 13.8. The van der Waals surface area contributed by atoms with Crippen LogP contribution in [0.4, 0.5) is 11.4 Å². The van der Waals surface area contributed by atoms with E-state index in [4.69, 9.17) is 13.9 Å². The van der Waals surface area contributed by atoms with Crippen molar-refractivity contribution < 1.29 is 28.3 Å². The summed E-state index contributed by atoms with van der Waals surface area (Å²) in [6.45, 7) is 0.771. The van der Waals surface area contributed by atoms with E-state index in [-0.39, 0.29) is 51.8 Å². The summed E-state index contributed by atoms with van der Waals surface area (Å²) in [4.78, 5) is 59.5. The summed E-state index contributed by atoms with van der Waals surface area (Å²) in [6.07, 6.45) is 5.38. The minimum atomic E-state index is -0.742. The van der Waals surface area contributed by atoms with Crippen LogP contribution in [0.15, 0.2) is 125 Å². The van der Waals surface area contributed by atoms with Crippen LogP contribution < -0.4 is 25.5 Å². The molecule has 0 aliphatic rings. The molecule has 0 fully saturated rings. The maximum atomic E-state index is 13.8. The monoisotopic (exact) mass is 736 g/mol. The first-order valence-corrected chi connectivity index (χ1v) is 17.3. The molecule has 0 saturated heterocycles. The largest absolute Gasteiger partial charge is 0.493 e. The number of rotatable bonds is 12. The second kappa shape index (κ2) is 15.8. The van der Waals surface area contributed by atoms with Gasteiger partial charge in [0.25, 0.3) is 11.8 Å². The lowest BCUT2D eigenvalue weighted by Crippen LogP contribution is -2.31. The molecule has 0 radical (unpaired) electrons. The number of nitrogens with zero attached hydrogens (tertiary/aromatic N) is 4. The van der Waals surface area contributed by atoms with E-state index in [9.17, 15) is 19.2 Å². The SMILES string of the molecule is COc1cc(NC(=O)c2cc(=O)c3ccccc3o2)c(C(=O)Nc2ccc(CC(=O)N(Cc3cccnc3)Cc3ccc4c(cnn4C)c3)cc2)cc1OC. The Morgan fingerprint density at radius 1 is 0.782 bits per heavy atom. The molecule has 7 aromatic rings. The van der Waals surface area contributed by atoms with E-state index in [0.29, 0.717) is 24.2 Å². The number of aromatic nitrogens is 3. The molecule has 13 nitrogen and oxygen atoms in total. The summed E-state index contributed by atoms with van der Waals surface area (Å²) >= 11 is 0. The van der Waals surface area contributed by atoms with Gasteiger partial charge in [-0.1, -0.05) is 36.4 Å². The summed E-state index contributed by atoms with van der Waals surface area (Å²) in [5, 5.41) is 11.2. The fraction of sp³-hybridized carbons (Fsp3) is 0.143. The topological polar surface area (TPSA) is 158 Å². The molecule has 3 aromatic heterocycles. The molecule has 3 heterocycles. The van der Waals surface area contributed by atoms with E-state index in [1.807, 2.05) is 42.1 Å². The number of anilines is 2. The number of methoxy groups -OCH3 is 2. The molecular weight excluding hydrogens is 700 g/mol. The molecule has 0 aliphatic carbocycles. The number of amides is 3. The zero-order chi connectivity index (χ0) is 38.5. The molecule has 13 heteroatoms. The zero-order valence-corrected chi connectivity index (χ0v) is 30.2. The van der Waals surface area contributed by atoms with Gasteiger partial charge >= 0.3 is 0 Å². The van der Waals surface area contributed by atoms with Crippen LogP contribution in [0.2, 0.25) is 0 Å². The second-order valence-electron chi connectivity index (χ2n) is 12.8. The molecule has 2 N–H and O–H groups in total. The molecule has 55 heavy (non-hydrogen) atoms. The standard InChI is InChI=1S/C42H36N6O7/c1-47-34-15-12-27(17-29(34)23-44-47)24-48(25-28-7-6-16-43-22-28)40(50)18-26-10-13-30(14-11-26)45-41(51)32-19-37(53-2)38(54-3)20-33(32)46-42(52)39-21-35(49)31-8-4-5-9-36(31)55-39/h4-17,19-23H,18,24-25H2,1-3H3,(H,45,51)(H,46,52). The van der Waals surface area contributed by atoms with Gasteiger partial charge < -0.3 is 29.4 Å². The van der Waals surface area contributed by atoms with Crippen molar-refractivity contribution in [3.8, 4) is 11.5 Å². The number of carbonyl (C=O) groups excluding carboxylic acids is 3. The molecule has 0 atom stereocenters. The molecule has 7 rings (SSSR count). The highest BCUT2D eigenvalue weighted by Crippen LogP contribution is 2.34. The second-order valence-corrected chi connectivity index (χ2v) is 12.8. The first-order chi connectivity index (χ1) is 26.7. The van der Waals surface area contributed by atoms with Gasteiger partial charge in [-0.05, 0) is 65.2 Å². The number of fused-ring (bicyclic) bond motifs is 2. The average Bonchev–Trinajstić information content (AvgIpc) is 3.57. The normalized spacial score (nSPS) is 11.0. The summed E-state index contributed by atoms with van der Waals surface area (Å²) in [5.74, 6) is -1.10. The van der Waals surface area contributed by atoms with E-state index >= 15 is 0 Å². The van der Waals surface area contributed by atoms with Crippen LogP contribution in [-0.4, -0.2) is 51.6 Å². The van der Waals surface area contributed by atoms with Crippen LogP contribution in [0, 0.1) is 0 Å². The highest BCUT2D eigenvalue weighted by Gasteiger charge is 2.22. The molecule has 0 bridgehead atoms. The molecule has 3 amide bonds. The maximum Gasteiger partial charge on any atom is 0.291 e. The van der Waals surface area contributed by atoms with Crippen molar-refractivity contribution >= 4 is 51.0 Å². The van der Waals surface area contributed by atoms with Gasteiger partial charge in [-0.3, -0.25) is 28.8 Å². The molecule has 0 saturated carbocycles. The van der Waals surface area contributed by atoms with Crippen molar-refractivity contribution in [2.24, 2.45) is 7.05 Å². The molecule has 4 aromatic carbocycles. The lowest BCUT2D eigenvalue weighted by atomic mass is 10.1. The Bertz CT molecular complexity index is 2600. The average molecular weight is 737 g/mol. The molecule has 0 spiro atoms. The van der Waals surface area contributed by atoms with Gasteiger partial charge in [0.05, 0.1) is 49.0 Å². The fourth-order valence-corrected chi connectivity index (χ4v) is 6.24. The summed E-state index contributed by atoms with van der Waals surface area (Å²) < 4.78 is 18.4. The Morgan fingerprint density at radius 3 is 2.29 bits per heavy atom. The van der Waals surface area contributed by atoms with E-state index < -0.39 is 11.8 Å². The molecular formula is C42H36N6O7. The number of pyridine rings is 1. The molecule has 276 valence electrons. The predicted molar refractivity (Wildman–Crippen MR) is 207 cm³/mol. The number of carbonyl (C=O) groups is 3. The van der Waals surface area contributed by atoms with E-state index in [2.05, 4.69) is 20.7 Å². The summed E-state index contributed by atoms with van der Waals surface area (Å²) in [7, 11) is 4.75. The van der Waals surface area contributed by atoms with Crippen molar-refractivity contribution in [3.05, 3.63) is 154 Å². The van der Waals surface area contributed by atoms with Crippen LogP contribution in [0.5, 0.6) is 11.5 Å². The van der Waals surface area contributed by atoms with Gasteiger partial charge in [0.1, 0.15) is 5.58 Å². The van der Waals surface area contributed by atoms with Crippen LogP contribution in [-0.2, 0) is 31.4 Å². The highest BCUT2D eigenvalue weighted by atomic mass is 16.5. The highest BCUT2D eigenvalue weighted by molar-refractivity contribution is 6.12. The minimum Gasteiger partial charge on any atom is -0.493 e. The lowest BCUT2D eigenvalue weighted by Gasteiger charge is -2.23. The third-order valence-electron chi connectivity index (χ3n) is 9.08. The first-order valence-electron chi connectivity index (χ1n) is 17.3. The third-order valence-corrected chi connectivity index (χ3v) is 9.08. The van der Waals surface area contributed by atoms with Crippen molar-refractivity contribution in [2.75, 3.05) is 24.9 Å². The Labute approximate surface area is 315 Å². The first kappa shape index (κ1) is 36.1. The van der Waals surface area contributed by atoms with E-state index in [0.717, 1.165) is 33.7 Å². The summed E-state index contributed by atoms with van der Waals surface area (Å²) in [5.41, 5.74) is 4.10. The van der Waals surface area contributed by atoms with Gasteiger partial charge in [0.2, 0.25) is 5.91 Å². The van der Waals surface area contributed by atoms with Gasteiger partial charge in [-0.25, -0.2) is 0 Å². The van der Waals surface area contributed by atoms with E-state index in [1.54, 1.807) is 72.0 Å². The van der Waals surface area contributed by atoms with Crippen LogP contribution in [0.3, 0.4) is 0 Å². The van der Waals surface area contributed by atoms with Gasteiger partial charge in [0.15, 0.2) is 22.7 Å². The summed E-state index contributed by atoms with van der Waals surface area (Å²) in [6, 6.07) is 27.3. The Kier molecular flexibility index (Phi) is 10.3. The Hall–Kier alpha value is -7.28. The fourth-order valence-electron chi connectivity index (χ4n) is 6.24. The van der Waals surface area contributed by atoms with Crippen molar-refractivity contribution in [1.29, 1.82) is 0 Å². The van der Waals surface area contributed by atoms with Crippen molar-refractivity contribution in [1.82, 2.24) is 19.7 Å². The third kappa shape index (κ3) is 8.05. The number of ether oxygens (including phenoxy) is 2. The Morgan fingerprint density at radius 2 is 1.53 bits per heavy atom. The number of hydrogen-bond donors (Lipinski definition) is 2. The van der Waals surface area contributed by atoms with E-state index in [1.165, 1.54) is 26.4 Å². The van der Waals surface area contributed by atoms with Crippen molar-refractivity contribution in [2.45, 2.75) is 19.5 Å². The zero-order valence-electron chi connectivity index (χ0n) is 30.2. The smallest absolute Gasteiger partial charge is 0.291 e. The molecule has 0 aliphatic heterocycles. The number of nitrogens with one attached hydrogen (secondary N) is 2. The Balaban J connectivity index is 1.08. The van der Waals surface area contributed by atoms with Crippen LogP contribution >= 0.6 is 0 Å². The van der Waals surface area contributed by atoms with Crippen LogP contribution in [0.25, 0.3) is 21.9 Å². The number of hydrogen-bond acceptors (Lipinski definition) is 9. The minimum absolute atomic E-state index is 0.0592. The number of benzene rings is 4. The van der Waals surface area contributed by atoms with Gasteiger partial charge in [0, 0.05) is 55.7 Å². The quantitative estimate of drug-likeness (QED) is 0.146. The van der Waals surface area contributed by atoms with Gasteiger partial charge in [-0.15, -0.1) is 0 Å². The predicted octanol–water partition coefficient (Wildman–Crippen LogP) is 6.37. The number of aryl methyl sites for hydroxylation is 1. The lowest BCUT2D eigenvalue weighted by molar-refractivity contribution is -0.131. The van der Waals surface area contributed by atoms with Gasteiger partial charge in [-0.2, -0.15) is 5.10 Å². The molecule has 0 unspecified atom stereocenters. The van der Waals surface area contributed by atoms with Crippen molar-refractivity contribution in [3.63, 3.8) is 0 Å². The van der Waals surface area contributed by atoms with Crippen LogP contribution in [0.1, 0.15) is 37.6 Å².